The molecule has 0 spiro atoms. The summed E-state index contributed by atoms with van der Waals surface area (Å²) in [4.78, 5) is 12.1. The number of aromatic amines is 1. The second-order valence-electron chi connectivity index (χ2n) is 4.89. The molecule has 0 saturated carbocycles. The molecule has 21 heavy (non-hydrogen) atoms. The maximum atomic E-state index is 12.1. The molecule has 1 aromatic heterocycles. The molecule has 0 atom stereocenters. The van der Waals surface area contributed by atoms with Gasteiger partial charge in [0.15, 0.2) is 0 Å². The van der Waals surface area contributed by atoms with Crippen LogP contribution in [-0.4, -0.2) is 16.1 Å². The van der Waals surface area contributed by atoms with Gasteiger partial charge in [-0.2, -0.15) is 5.10 Å². The van der Waals surface area contributed by atoms with Gasteiger partial charge in [-0.25, -0.2) is 0 Å². The molecule has 2 aromatic carbocycles. The number of fused-ring (bicyclic) bond motifs is 2. The lowest BCUT2D eigenvalue weighted by Crippen LogP contribution is -2.03. The van der Waals surface area contributed by atoms with E-state index in [0.717, 1.165) is 32.2 Å². The Kier molecular flexibility index (Phi) is 2.68. The van der Waals surface area contributed by atoms with Crippen molar-refractivity contribution in [2.75, 3.05) is 5.32 Å². The van der Waals surface area contributed by atoms with E-state index in [4.69, 9.17) is 0 Å². The maximum absolute atomic E-state index is 12.1. The highest BCUT2D eigenvalue weighted by Gasteiger charge is 2.23. The summed E-state index contributed by atoms with van der Waals surface area (Å²) in [6.07, 6.45) is 3.67. The number of amides is 1. The molecule has 1 amide bonds. The molecule has 0 bridgehead atoms. The Morgan fingerprint density at radius 3 is 2.95 bits per heavy atom. The van der Waals surface area contributed by atoms with E-state index < -0.39 is 0 Å². The molecular weight excluding hydrogens is 330 g/mol. The molecule has 0 aliphatic carbocycles. The van der Waals surface area contributed by atoms with Crippen LogP contribution >= 0.6 is 15.9 Å². The molecule has 0 saturated heterocycles. The van der Waals surface area contributed by atoms with Crippen LogP contribution in [0.5, 0.6) is 0 Å². The van der Waals surface area contributed by atoms with Crippen LogP contribution in [0.25, 0.3) is 22.6 Å². The fraction of sp³-hybridized carbons (Fsp3) is 0. The van der Waals surface area contributed by atoms with Crippen LogP contribution in [0.4, 0.5) is 5.69 Å². The van der Waals surface area contributed by atoms with Crippen LogP contribution in [0.3, 0.4) is 0 Å². The fourth-order valence-electron chi connectivity index (χ4n) is 2.56. The van der Waals surface area contributed by atoms with E-state index in [9.17, 15) is 4.79 Å². The van der Waals surface area contributed by atoms with Gasteiger partial charge in [0, 0.05) is 26.7 Å². The molecule has 102 valence electrons. The van der Waals surface area contributed by atoms with E-state index in [1.165, 1.54) is 0 Å². The van der Waals surface area contributed by atoms with E-state index in [1.54, 1.807) is 6.20 Å². The molecule has 0 fully saturated rings. The third-order valence-corrected chi connectivity index (χ3v) is 4.21. The Morgan fingerprint density at radius 2 is 2.05 bits per heavy atom. The summed E-state index contributed by atoms with van der Waals surface area (Å²) in [7, 11) is 0. The molecule has 0 unspecified atom stereocenters. The Hall–Kier alpha value is -2.40. The average molecular weight is 340 g/mol. The number of aromatic nitrogens is 2. The van der Waals surface area contributed by atoms with Gasteiger partial charge in [0.2, 0.25) is 0 Å². The molecular formula is C16H10BrN3O. The first kappa shape index (κ1) is 12.3. The summed E-state index contributed by atoms with van der Waals surface area (Å²) < 4.78 is 0.951. The van der Waals surface area contributed by atoms with Crippen molar-refractivity contribution in [3.05, 3.63) is 58.2 Å². The van der Waals surface area contributed by atoms with Gasteiger partial charge >= 0.3 is 0 Å². The number of halogens is 1. The molecule has 1 aliphatic rings. The van der Waals surface area contributed by atoms with Crippen molar-refractivity contribution in [3.63, 3.8) is 0 Å². The van der Waals surface area contributed by atoms with Crippen LogP contribution in [0.2, 0.25) is 0 Å². The van der Waals surface area contributed by atoms with Gasteiger partial charge in [0.05, 0.1) is 11.7 Å². The maximum Gasteiger partial charge on any atom is 0.256 e. The van der Waals surface area contributed by atoms with Crippen molar-refractivity contribution in [2.45, 2.75) is 0 Å². The van der Waals surface area contributed by atoms with Crippen molar-refractivity contribution >= 4 is 50.1 Å². The van der Waals surface area contributed by atoms with E-state index in [1.807, 2.05) is 42.5 Å². The van der Waals surface area contributed by atoms with Crippen molar-refractivity contribution in [1.82, 2.24) is 10.2 Å². The summed E-state index contributed by atoms with van der Waals surface area (Å²) in [6.45, 7) is 0. The molecule has 2 N–H and O–H groups in total. The Bertz CT molecular complexity index is 911. The number of hydrogen-bond acceptors (Lipinski definition) is 2. The lowest BCUT2D eigenvalue weighted by atomic mass is 10.0. The molecule has 5 heteroatoms. The minimum Gasteiger partial charge on any atom is -0.321 e. The van der Waals surface area contributed by atoms with E-state index in [2.05, 4.69) is 31.4 Å². The van der Waals surface area contributed by atoms with Gasteiger partial charge in [-0.1, -0.05) is 34.1 Å². The molecule has 1 aliphatic heterocycles. The lowest BCUT2D eigenvalue weighted by Gasteiger charge is -2.00. The topological polar surface area (TPSA) is 57.8 Å². The Balaban J connectivity index is 1.88. The zero-order valence-corrected chi connectivity index (χ0v) is 12.4. The average Bonchev–Trinajstić information content (AvgIpc) is 3.05. The fourth-order valence-corrected chi connectivity index (χ4v) is 3.14. The van der Waals surface area contributed by atoms with Crippen molar-refractivity contribution < 1.29 is 4.79 Å². The zero-order chi connectivity index (χ0) is 14.4. The van der Waals surface area contributed by atoms with E-state index in [0.29, 0.717) is 5.57 Å². The normalized spacial score (nSPS) is 15.5. The number of H-pyrrole nitrogens is 1. The van der Waals surface area contributed by atoms with Crippen LogP contribution in [0.15, 0.2) is 47.1 Å². The van der Waals surface area contributed by atoms with Gasteiger partial charge < -0.3 is 5.32 Å². The molecule has 0 radical (unpaired) electrons. The number of para-hydroxylation sites is 1. The molecule has 4 nitrogen and oxygen atoms in total. The van der Waals surface area contributed by atoms with Crippen LogP contribution < -0.4 is 5.32 Å². The standard InChI is InChI=1S/C16H10BrN3O/c17-13-6-9(7-15-12(13)8-18-20-15)5-11-10-3-1-2-4-14(10)19-16(11)21/h1-8H,(H,18,20)(H,19,21). The third-order valence-electron chi connectivity index (χ3n) is 3.55. The minimum atomic E-state index is -0.0722. The summed E-state index contributed by atoms with van der Waals surface area (Å²) in [6, 6.07) is 11.7. The smallest absolute Gasteiger partial charge is 0.256 e. The highest BCUT2D eigenvalue weighted by Crippen LogP contribution is 2.33. The predicted octanol–water partition coefficient (Wildman–Crippen LogP) is 3.82. The third kappa shape index (κ3) is 1.97. The highest BCUT2D eigenvalue weighted by molar-refractivity contribution is 9.10. The number of nitrogens with one attached hydrogen (secondary N) is 2. The molecule has 3 aromatic rings. The minimum absolute atomic E-state index is 0.0722. The predicted molar refractivity (Wildman–Crippen MR) is 86.7 cm³/mol. The van der Waals surface area contributed by atoms with E-state index >= 15 is 0 Å². The largest absolute Gasteiger partial charge is 0.321 e. The first-order valence-corrected chi connectivity index (χ1v) is 7.27. The van der Waals surface area contributed by atoms with Gasteiger partial charge in [-0.15, -0.1) is 0 Å². The summed E-state index contributed by atoms with van der Waals surface area (Å²) >= 11 is 3.53. The van der Waals surface area contributed by atoms with Crippen LogP contribution in [0, 0.1) is 0 Å². The molecule has 4 rings (SSSR count). The number of rotatable bonds is 1. The number of hydrogen-bond donors (Lipinski definition) is 2. The van der Waals surface area contributed by atoms with Crippen molar-refractivity contribution in [1.29, 1.82) is 0 Å². The van der Waals surface area contributed by atoms with Crippen LogP contribution in [0.1, 0.15) is 11.1 Å². The Morgan fingerprint density at radius 1 is 1.19 bits per heavy atom. The van der Waals surface area contributed by atoms with Gasteiger partial charge in [-0.05, 0) is 29.8 Å². The van der Waals surface area contributed by atoms with Crippen LogP contribution in [-0.2, 0) is 4.79 Å². The second kappa shape index (κ2) is 4.56. The first-order chi connectivity index (χ1) is 10.2. The first-order valence-electron chi connectivity index (χ1n) is 6.47. The van der Waals surface area contributed by atoms with Gasteiger partial charge in [0.1, 0.15) is 0 Å². The van der Waals surface area contributed by atoms with Crippen molar-refractivity contribution in [2.24, 2.45) is 0 Å². The second-order valence-corrected chi connectivity index (χ2v) is 5.75. The zero-order valence-electron chi connectivity index (χ0n) is 10.9. The Labute approximate surface area is 129 Å². The number of benzene rings is 2. The summed E-state index contributed by atoms with van der Waals surface area (Å²) in [5, 5.41) is 10.9. The molecule has 2 heterocycles. The number of anilines is 1. The summed E-state index contributed by atoms with van der Waals surface area (Å²) in [5.41, 5.74) is 4.35. The summed E-state index contributed by atoms with van der Waals surface area (Å²) in [5.74, 6) is -0.0722. The number of carbonyl (C=O) groups is 1. The van der Waals surface area contributed by atoms with Crippen molar-refractivity contribution in [3.8, 4) is 0 Å². The number of nitrogens with zero attached hydrogens (tertiary/aromatic N) is 1. The quantitative estimate of drug-likeness (QED) is 0.662. The monoisotopic (exact) mass is 339 g/mol. The van der Waals surface area contributed by atoms with Gasteiger partial charge in [0.25, 0.3) is 5.91 Å². The highest BCUT2D eigenvalue weighted by atomic mass is 79.9. The SMILES string of the molecule is O=C1Nc2ccccc2C1=Cc1cc(Br)c2cn[nH]c2c1. The van der Waals surface area contributed by atoms with E-state index in [-0.39, 0.29) is 5.91 Å². The van der Waals surface area contributed by atoms with Gasteiger partial charge in [-0.3, -0.25) is 9.89 Å². The number of carbonyl (C=O) groups excluding carboxylic acids is 1. The lowest BCUT2D eigenvalue weighted by molar-refractivity contribution is -0.110.